The highest BCUT2D eigenvalue weighted by Gasteiger charge is 2.19. The van der Waals surface area contributed by atoms with Crippen LogP contribution in [0.1, 0.15) is 45.8 Å². The predicted octanol–water partition coefficient (Wildman–Crippen LogP) is 2.98. The van der Waals surface area contributed by atoms with Crippen LogP contribution in [0, 0.1) is 13.8 Å². The Bertz CT molecular complexity index is 1290. The summed E-state index contributed by atoms with van der Waals surface area (Å²) in [7, 11) is 0. The van der Waals surface area contributed by atoms with Crippen LogP contribution < -0.4 is 10.9 Å². The van der Waals surface area contributed by atoms with E-state index < -0.39 is 5.91 Å². The van der Waals surface area contributed by atoms with Crippen LogP contribution in [0.2, 0.25) is 0 Å². The number of aromatic nitrogens is 5. The third-order valence-corrected chi connectivity index (χ3v) is 5.24. The summed E-state index contributed by atoms with van der Waals surface area (Å²) in [5.74, 6) is -0.420. The lowest BCUT2D eigenvalue weighted by molar-refractivity contribution is 0.0937. The van der Waals surface area contributed by atoms with Crippen LogP contribution in [0.15, 0.2) is 72.2 Å². The second kappa shape index (κ2) is 8.97. The van der Waals surface area contributed by atoms with E-state index in [0.29, 0.717) is 11.3 Å². The summed E-state index contributed by atoms with van der Waals surface area (Å²) in [6, 6.07) is 11.2. The SMILES string of the molecule is Cc1cnc(Cn2ccc(C)c(C(=O)NC(C)c3cnn(-c4ccccc4)c3)c2=O)cn1. The first-order valence-corrected chi connectivity index (χ1v) is 10.3. The van der Waals surface area contributed by atoms with Crippen LogP contribution >= 0.6 is 0 Å². The Labute approximate surface area is 185 Å². The summed E-state index contributed by atoms with van der Waals surface area (Å²) in [5.41, 5.74) is 3.59. The van der Waals surface area contributed by atoms with Crippen LogP contribution in [0.4, 0.5) is 0 Å². The van der Waals surface area contributed by atoms with Crippen molar-refractivity contribution in [1.82, 2.24) is 29.6 Å². The molecule has 4 aromatic rings. The molecule has 0 bridgehead atoms. The van der Waals surface area contributed by atoms with Gasteiger partial charge in [-0.05, 0) is 44.5 Å². The molecule has 162 valence electrons. The minimum Gasteiger partial charge on any atom is -0.345 e. The molecule has 0 saturated carbocycles. The molecule has 0 aliphatic heterocycles. The maximum Gasteiger partial charge on any atom is 0.264 e. The maximum absolute atomic E-state index is 13.0. The molecule has 1 unspecified atom stereocenters. The number of carbonyl (C=O) groups is 1. The van der Waals surface area contributed by atoms with E-state index in [1.165, 1.54) is 4.57 Å². The van der Waals surface area contributed by atoms with Gasteiger partial charge in [0.2, 0.25) is 0 Å². The molecule has 32 heavy (non-hydrogen) atoms. The summed E-state index contributed by atoms with van der Waals surface area (Å²) < 4.78 is 3.22. The highest BCUT2D eigenvalue weighted by atomic mass is 16.2. The number of benzene rings is 1. The molecule has 3 aromatic heterocycles. The van der Waals surface area contributed by atoms with Crippen LogP contribution in [0.5, 0.6) is 0 Å². The van der Waals surface area contributed by atoms with Crippen molar-refractivity contribution >= 4 is 5.91 Å². The zero-order chi connectivity index (χ0) is 22.7. The van der Waals surface area contributed by atoms with Crippen molar-refractivity contribution in [2.45, 2.75) is 33.4 Å². The molecule has 4 rings (SSSR count). The molecule has 1 N–H and O–H groups in total. The Kier molecular flexibility index (Phi) is 5.93. The minimum absolute atomic E-state index is 0.120. The summed E-state index contributed by atoms with van der Waals surface area (Å²) in [4.78, 5) is 34.6. The van der Waals surface area contributed by atoms with Gasteiger partial charge in [-0.25, -0.2) is 4.68 Å². The van der Waals surface area contributed by atoms with Gasteiger partial charge in [0.05, 0.1) is 42.1 Å². The molecule has 0 radical (unpaired) electrons. The fraction of sp³-hybridized carbons (Fsp3) is 0.208. The largest absolute Gasteiger partial charge is 0.345 e. The summed E-state index contributed by atoms with van der Waals surface area (Å²) >= 11 is 0. The van der Waals surface area contributed by atoms with Gasteiger partial charge in [-0.15, -0.1) is 0 Å². The molecule has 8 heteroatoms. The number of amides is 1. The lowest BCUT2D eigenvalue weighted by Gasteiger charge is -2.14. The average Bonchev–Trinajstić information content (AvgIpc) is 3.28. The number of hydrogen-bond donors (Lipinski definition) is 1. The fourth-order valence-corrected chi connectivity index (χ4v) is 3.38. The molecule has 3 heterocycles. The zero-order valence-electron chi connectivity index (χ0n) is 18.2. The second-order valence-corrected chi connectivity index (χ2v) is 7.70. The summed E-state index contributed by atoms with van der Waals surface area (Å²) in [6.07, 6.45) is 8.53. The number of nitrogens with zero attached hydrogens (tertiary/aromatic N) is 5. The Morgan fingerprint density at radius 2 is 1.84 bits per heavy atom. The standard InChI is InChI=1S/C24H24N6O2/c1-16-9-10-29(15-20-13-25-17(2)11-26-20)24(32)22(16)23(31)28-18(3)19-12-27-30(14-19)21-7-5-4-6-8-21/h4-14,18H,15H2,1-3H3,(H,28,31). The van der Waals surface area contributed by atoms with Crippen LogP contribution in [0.25, 0.3) is 5.69 Å². The number of para-hydroxylation sites is 1. The number of aryl methyl sites for hydroxylation is 2. The van der Waals surface area contributed by atoms with Gasteiger partial charge in [0, 0.05) is 24.2 Å². The Hall–Kier alpha value is -4.07. The van der Waals surface area contributed by atoms with Gasteiger partial charge in [0.15, 0.2) is 0 Å². The second-order valence-electron chi connectivity index (χ2n) is 7.70. The molecule has 1 amide bonds. The minimum atomic E-state index is -0.420. The van der Waals surface area contributed by atoms with Crippen molar-refractivity contribution in [3.8, 4) is 5.69 Å². The molecule has 0 aliphatic carbocycles. The van der Waals surface area contributed by atoms with Gasteiger partial charge in [0.25, 0.3) is 11.5 Å². The van der Waals surface area contributed by atoms with Gasteiger partial charge in [0.1, 0.15) is 5.56 Å². The number of hydrogen-bond acceptors (Lipinski definition) is 5. The highest BCUT2D eigenvalue weighted by molar-refractivity contribution is 5.95. The van der Waals surface area contributed by atoms with Crippen molar-refractivity contribution in [3.63, 3.8) is 0 Å². The molecular weight excluding hydrogens is 404 g/mol. The third kappa shape index (κ3) is 4.49. The first-order valence-electron chi connectivity index (χ1n) is 10.3. The van der Waals surface area contributed by atoms with Gasteiger partial charge in [-0.1, -0.05) is 18.2 Å². The van der Waals surface area contributed by atoms with E-state index in [9.17, 15) is 9.59 Å². The van der Waals surface area contributed by atoms with E-state index in [1.807, 2.05) is 50.4 Å². The van der Waals surface area contributed by atoms with Gasteiger partial charge >= 0.3 is 0 Å². The van der Waals surface area contributed by atoms with E-state index in [1.54, 1.807) is 42.5 Å². The number of nitrogens with one attached hydrogen (secondary N) is 1. The Morgan fingerprint density at radius 1 is 1.06 bits per heavy atom. The monoisotopic (exact) mass is 428 g/mol. The molecule has 8 nitrogen and oxygen atoms in total. The van der Waals surface area contributed by atoms with Crippen molar-refractivity contribution in [1.29, 1.82) is 0 Å². The van der Waals surface area contributed by atoms with Crippen LogP contribution in [-0.4, -0.2) is 30.2 Å². The number of rotatable bonds is 6. The molecule has 0 aliphatic rings. The first kappa shape index (κ1) is 21.2. The summed E-state index contributed by atoms with van der Waals surface area (Å²) in [5, 5.41) is 7.30. The molecule has 1 aromatic carbocycles. The quantitative estimate of drug-likeness (QED) is 0.509. The zero-order valence-corrected chi connectivity index (χ0v) is 18.2. The predicted molar refractivity (Wildman–Crippen MR) is 121 cm³/mol. The molecule has 1 atom stereocenters. The molecular formula is C24H24N6O2. The Morgan fingerprint density at radius 3 is 2.56 bits per heavy atom. The van der Waals surface area contributed by atoms with Crippen molar-refractivity contribution in [2.24, 2.45) is 0 Å². The van der Waals surface area contributed by atoms with E-state index in [2.05, 4.69) is 20.4 Å². The van der Waals surface area contributed by atoms with Crippen molar-refractivity contribution < 1.29 is 4.79 Å². The van der Waals surface area contributed by atoms with Gasteiger partial charge in [-0.2, -0.15) is 5.10 Å². The maximum atomic E-state index is 13.0. The summed E-state index contributed by atoms with van der Waals surface area (Å²) in [6.45, 7) is 5.71. The van der Waals surface area contributed by atoms with Crippen molar-refractivity contribution in [2.75, 3.05) is 0 Å². The lowest BCUT2D eigenvalue weighted by atomic mass is 10.1. The van der Waals surface area contributed by atoms with E-state index in [-0.39, 0.29) is 23.7 Å². The highest BCUT2D eigenvalue weighted by Crippen LogP contribution is 2.15. The Balaban J connectivity index is 1.53. The van der Waals surface area contributed by atoms with E-state index >= 15 is 0 Å². The third-order valence-electron chi connectivity index (χ3n) is 5.24. The average molecular weight is 428 g/mol. The fourth-order valence-electron chi connectivity index (χ4n) is 3.38. The smallest absolute Gasteiger partial charge is 0.264 e. The number of carbonyl (C=O) groups excluding carboxylic acids is 1. The normalized spacial score (nSPS) is 11.8. The van der Waals surface area contributed by atoms with Crippen LogP contribution in [0.3, 0.4) is 0 Å². The topological polar surface area (TPSA) is 94.7 Å². The van der Waals surface area contributed by atoms with E-state index in [4.69, 9.17) is 0 Å². The van der Waals surface area contributed by atoms with E-state index in [0.717, 1.165) is 16.9 Å². The molecule has 0 fully saturated rings. The molecule has 0 spiro atoms. The van der Waals surface area contributed by atoms with Crippen molar-refractivity contribution in [3.05, 3.63) is 106 Å². The number of pyridine rings is 1. The molecule has 0 saturated heterocycles. The lowest BCUT2D eigenvalue weighted by Crippen LogP contribution is -2.35. The first-order chi connectivity index (χ1) is 15.4. The van der Waals surface area contributed by atoms with Crippen LogP contribution in [-0.2, 0) is 6.54 Å². The van der Waals surface area contributed by atoms with Gasteiger partial charge < -0.3 is 9.88 Å². The van der Waals surface area contributed by atoms with Gasteiger partial charge in [-0.3, -0.25) is 19.6 Å².